The van der Waals surface area contributed by atoms with Crippen molar-refractivity contribution in [1.29, 1.82) is 0 Å². The summed E-state index contributed by atoms with van der Waals surface area (Å²) in [5.41, 5.74) is 7.07. The molecule has 1 aromatic heterocycles. The monoisotopic (exact) mass is 360 g/mol. The number of fused-ring (bicyclic) bond motifs is 1. The summed E-state index contributed by atoms with van der Waals surface area (Å²) in [5, 5.41) is 0. The van der Waals surface area contributed by atoms with Gasteiger partial charge >= 0.3 is 0 Å². The van der Waals surface area contributed by atoms with Crippen LogP contribution in [0.4, 0.5) is 0 Å². The van der Waals surface area contributed by atoms with E-state index in [4.69, 9.17) is 9.47 Å². The van der Waals surface area contributed by atoms with Crippen LogP contribution in [0.1, 0.15) is 32.1 Å². The first-order chi connectivity index (χ1) is 12.1. The molecular formula is C18H20N2O4S. The van der Waals surface area contributed by atoms with E-state index in [1.165, 1.54) is 21.8 Å². The quantitative estimate of drug-likeness (QED) is 0.803. The van der Waals surface area contributed by atoms with E-state index in [1.807, 2.05) is 25.1 Å². The van der Waals surface area contributed by atoms with Crippen LogP contribution in [-0.2, 0) is 17.6 Å². The summed E-state index contributed by atoms with van der Waals surface area (Å²) in [6.07, 6.45) is 3.21. The second-order valence-corrected chi connectivity index (χ2v) is 6.99. The number of hydrogen-bond acceptors (Lipinski definition) is 5. The molecule has 0 unspecified atom stereocenters. The van der Waals surface area contributed by atoms with Gasteiger partial charge in [-0.1, -0.05) is 6.07 Å². The summed E-state index contributed by atoms with van der Waals surface area (Å²) in [4.78, 5) is 25.8. The zero-order valence-corrected chi connectivity index (χ0v) is 15.0. The van der Waals surface area contributed by atoms with Crippen molar-refractivity contribution in [3.63, 3.8) is 0 Å². The Hall–Kier alpha value is -2.54. The van der Waals surface area contributed by atoms with Gasteiger partial charge < -0.3 is 9.47 Å². The number of benzene rings is 1. The Labute approximate surface area is 150 Å². The third-order valence-electron chi connectivity index (χ3n) is 3.96. The molecule has 0 saturated heterocycles. The molecule has 0 saturated carbocycles. The van der Waals surface area contributed by atoms with Crippen molar-refractivity contribution in [2.45, 2.75) is 26.2 Å². The third-order valence-corrected chi connectivity index (χ3v) is 5.20. The fourth-order valence-corrected chi connectivity index (χ4v) is 3.85. The van der Waals surface area contributed by atoms with Gasteiger partial charge in [-0.25, -0.2) is 0 Å². The van der Waals surface area contributed by atoms with Crippen molar-refractivity contribution in [3.8, 4) is 11.5 Å². The predicted molar refractivity (Wildman–Crippen MR) is 95.2 cm³/mol. The lowest BCUT2D eigenvalue weighted by atomic mass is 10.2. The molecule has 1 aliphatic rings. The van der Waals surface area contributed by atoms with E-state index in [0.717, 1.165) is 24.8 Å². The lowest BCUT2D eigenvalue weighted by molar-refractivity contribution is -0.123. The zero-order chi connectivity index (χ0) is 17.8. The highest BCUT2D eigenvalue weighted by molar-refractivity contribution is 7.14. The number of thiophene rings is 1. The number of rotatable bonds is 5. The van der Waals surface area contributed by atoms with E-state index in [0.29, 0.717) is 16.4 Å². The molecule has 132 valence electrons. The maximum absolute atomic E-state index is 12.1. The van der Waals surface area contributed by atoms with Crippen LogP contribution in [0.5, 0.6) is 11.5 Å². The molecule has 3 rings (SSSR count). The first kappa shape index (κ1) is 17.3. The Kier molecular flexibility index (Phi) is 5.23. The smallest absolute Gasteiger partial charge is 0.279 e. The van der Waals surface area contributed by atoms with Crippen LogP contribution in [0.25, 0.3) is 0 Å². The highest BCUT2D eigenvalue weighted by Crippen LogP contribution is 2.30. The van der Waals surface area contributed by atoms with E-state index in [1.54, 1.807) is 13.2 Å². The van der Waals surface area contributed by atoms with Crippen molar-refractivity contribution in [1.82, 2.24) is 10.9 Å². The Morgan fingerprint density at radius 2 is 2.00 bits per heavy atom. The van der Waals surface area contributed by atoms with Crippen molar-refractivity contribution in [3.05, 3.63) is 45.1 Å². The summed E-state index contributed by atoms with van der Waals surface area (Å²) in [5.74, 6) is 0.287. The van der Waals surface area contributed by atoms with Gasteiger partial charge in [0.1, 0.15) is 0 Å². The molecule has 1 aliphatic carbocycles. The van der Waals surface area contributed by atoms with Gasteiger partial charge in [-0.05, 0) is 55.5 Å². The molecule has 0 radical (unpaired) electrons. The van der Waals surface area contributed by atoms with Gasteiger partial charge in [0.15, 0.2) is 18.1 Å². The Morgan fingerprint density at radius 1 is 1.16 bits per heavy atom. The van der Waals surface area contributed by atoms with E-state index in [2.05, 4.69) is 10.9 Å². The van der Waals surface area contributed by atoms with Gasteiger partial charge in [-0.2, -0.15) is 0 Å². The number of carbonyl (C=O) groups is 2. The van der Waals surface area contributed by atoms with Gasteiger partial charge in [0.25, 0.3) is 11.8 Å². The van der Waals surface area contributed by atoms with Crippen LogP contribution in [0.3, 0.4) is 0 Å². The minimum Gasteiger partial charge on any atom is -0.493 e. The number of hydrazine groups is 1. The highest BCUT2D eigenvalue weighted by atomic mass is 32.1. The molecule has 1 aromatic carbocycles. The number of aryl methyl sites for hydroxylation is 3. The molecule has 0 fully saturated rings. The Bertz CT molecular complexity index is 779. The molecule has 0 atom stereocenters. The van der Waals surface area contributed by atoms with Gasteiger partial charge in [-0.3, -0.25) is 20.4 Å². The molecule has 25 heavy (non-hydrogen) atoms. The minimum absolute atomic E-state index is 0.222. The third kappa shape index (κ3) is 4.11. The fourth-order valence-electron chi connectivity index (χ4n) is 2.70. The molecule has 0 aliphatic heterocycles. The lowest BCUT2D eigenvalue weighted by Gasteiger charge is -2.11. The molecule has 7 heteroatoms. The van der Waals surface area contributed by atoms with Crippen LogP contribution < -0.4 is 20.3 Å². The Morgan fingerprint density at radius 3 is 2.76 bits per heavy atom. The molecule has 0 spiro atoms. The standard InChI is InChI=1S/C18H20N2O4S/c1-11-6-7-13(14(8-11)23-2)24-10-17(21)19-20-18(22)16-9-12-4-3-5-15(12)25-16/h6-9H,3-5,10H2,1-2H3,(H,19,21)(H,20,22). The summed E-state index contributed by atoms with van der Waals surface area (Å²) in [6, 6.07) is 7.34. The van der Waals surface area contributed by atoms with E-state index < -0.39 is 5.91 Å². The number of hydrogen-bond donors (Lipinski definition) is 2. The SMILES string of the molecule is COc1cc(C)ccc1OCC(=O)NNC(=O)c1cc2c(s1)CCC2. The number of carbonyl (C=O) groups excluding carboxylic acids is 2. The molecule has 1 heterocycles. The fraction of sp³-hybridized carbons (Fsp3) is 0.333. The summed E-state index contributed by atoms with van der Waals surface area (Å²) in [7, 11) is 1.54. The van der Waals surface area contributed by atoms with Crippen LogP contribution in [-0.4, -0.2) is 25.5 Å². The van der Waals surface area contributed by atoms with Crippen molar-refractivity contribution in [2.24, 2.45) is 0 Å². The largest absolute Gasteiger partial charge is 0.493 e. The molecule has 2 N–H and O–H groups in total. The second kappa shape index (κ2) is 7.57. The Balaban J connectivity index is 1.48. The van der Waals surface area contributed by atoms with E-state index >= 15 is 0 Å². The first-order valence-corrected chi connectivity index (χ1v) is 8.86. The number of ether oxygens (including phenoxy) is 2. The summed E-state index contributed by atoms with van der Waals surface area (Å²) in [6.45, 7) is 1.72. The number of nitrogens with one attached hydrogen (secondary N) is 2. The molecule has 2 amide bonds. The van der Waals surface area contributed by atoms with Crippen LogP contribution >= 0.6 is 11.3 Å². The number of methoxy groups -OCH3 is 1. The van der Waals surface area contributed by atoms with Gasteiger partial charge in [-0.15, -0.1) is 11.3 Å². The van der Waals surface area contributed by atoms with Gasteiger partial charge in [0, 0.05) is 4.88 Å². The summed E-state index contributed by atoms with van der Waals surface area (Å²) < 4.78 is 10.7. The number of amides is 2. The van der Waals surface area contributed by atoms with E-state index in [9.17, 15) is 9.59 Å². The molecular weight excluding hydrogens is 340 g/mol. The van der Waals surface area contributed by atoms with Crippen molar-refractivity contribution >= 4 is 23.2 Å². The maximum atomic E-state index is 12.1. The first-order valence-electron chi connectivity index (χ1n) is 8.05. The maximum Gasteiger partial charge on any atom is 0.279 e. The normalized spacial score (nSPS) is 12.4. The van der Waals surface area contributed by atoms with Gasteiger partial charge in [0.05, 0.1) is 12.0 Å². The van der Waals surface area contributed by atoms with Crippen LogP contribution in [0.2, 0.25) is 0 Å². The predicted octanol–water partition coefficient (Wildman–Crippen LogP) is 2.39. The average Bonchev–Trinajstić information content (AvgIpc) is 3.20. The molecule has 2 aromatic rings. The summed E-state index contributed by atoms with van der Waals surface area (Å²) >= 11 is 1.49. The highest BCUT2D eigenvalue weighted by Gasteiger charge is 2.18. The average molecular weight is 360 g/mol. The van der Waals surface area contributed by atoms with Crippen LogP contribution in [0.15, 0.2) is 24.3 Å². The lowest BCUT2D eigenvalue weighted by Crippen LogP contribution is -2.43. The molecule has 6 nitrogen and oxygen atoms in total. The second-order valence-electron chi connectivity index (χ2n) is 5.86. The zero-order valence-electron chi connectivity index (χ0n) is 14.2. The van der Waals surface area contributed by atoms with Crippen molar-refractivity contribution in [2.75, 3.05) is 13.7 Å². The van der Waals surface area contributed by atoms with E-state index in [-0.39, 0.29) is 12.5 Å². The topological polar surface area (TPSA) is 76.7 Å². The molecule has 0 bridgehead atoms. The van der Waals surface area contributed by atoms with Crippen LogP contribution in [0, 0.1) is 6.92 Å². The van der Waals surface area contributed by atoms with Gasteiger partial charge in [0.2, 0.25) is 0 Å². The minimum atomic E-state index is -0.444. The van der Waals surface area contributed by atoms with Crippen molar-refractivity contribution < 1.29 is 19.1 Å².